The Morgan fingerprint density at radius 2 is 1.98 bits per heavy atom. The Labute approximate surface area is 253 Å². The average Bonchev–Trinajstić information content (AvgIpc) is 3.36. The van der Waals surface area contributed by atoms with E-state index in [1.54, 1.807) is 7.11 Å². The fourth-order valence-electron chi connectivity index (χ4n) is 7.00. The number of fused-ring (bicyclic) bond motifs is 5. The quantitative estimate of drug-likeness (QED) is 0.391. The number of carbonyl (C=O) groups is 2. The molecule has 9 nitrogen and oxygen atoms in total. The number of alkyl carbamates (subject to hydrolysis) is 1. The van der Waals surface area contributed by atoms with Crippen molar-refractivity contribution in [3.8, 4) is 11.5 Å². The zero-order chi connectivity index (χ0) is 30.5. The first-order valence-corrected chi connectivity index (χ1v) is 15.3. The molecule has 0 aliphatic carbocycles. The lowest BCUT2D eigenvalue weighted by Crippen LogP contribution is -2.58. The number of para-hydroxylation sites is 1. The van der Waals surface area contributed by atoms with E-state index >= 15 is 0 Å². The lowest BCUT2D eigenvalue weighted by atomic mass is 9.70. The Balaban J connectivity index is 1.21. The third-order valence-corrected chi connectivity index (χ3v) is 9.10. The highest BCUT2D eigenvalue weighted by molar-refractivity contribution is 5.88. The molecule has 2 amide bonds. The highest BCUT2D eigenvalue weighted by Crippen LogP contribution is 2.53. The van der Waals surface area contributed by atoms with Crippen molar-refractivity contribution in [1.82, 2.24) is 15.2 Å². The predicted octanol–water partition coefficient (Wildman–Crippen LogP) is 5.78. The summed E-state index contributed by atoms with van der Waals surface area (Å²) in [6.07, 6.45) is 3.26. The van der Waals surface area contributed by atoms with Crippen molar-refractivity contribution in [2.45, 2.75) is 83.3 Å². The van der Waals surface area contributed by atoms with Crippen LogP contribution in [-0.4, -0.2) is 65.4 Å². The van der Waals surface area contributed by atoms with Gasteiger partial charge in [-0.15, -0.1) is 0 Å². The summed E-state index contributed by atoms with van der Waals surface area (Å²) in [7, 11) is 1.66. The van der Waals surface area contributed by atoms with E-state index in [2.05, 4.69) is 30.2 Å². The zero-order valence-corrected chi connectivity index (χ0v) is 25.9. The van der Waals surface area contributed by atoms with Crippen LogP contribution >= 0.6 is 0 Å². The third kappa shape index (κ3) is 5.92. The molecule has 43 heavy (non-hydrogen) atoms. The van der Waals surface area contributed by atoms with E-state index in [1.165, 1.54) is 0 Å². The molecule has 3 aliphatic rings. The predicted molar refractivity (Wildman–Crippen MR) is 163 cm³/mol. The van der Waals surface area contributed by atoms with Crippen molar-refractivity contribution in [1.29, 1.82) is 0 Å². The van der Waals surface area contributed by atoms with Crippen molar-refractivity contribution in [2.75, 3.05) is 20.2 Å². The first kappa shape index (κ1) is 29.4. The van der Waals surface area contributed by atoms with Gasteiger partial charge in [0, 0.05) is 60.1 Å². The van der Waals surface area contributed by atoms with Crippen LogP contribution in [0.2, 0.25) is 0 Å². The lowest BCUT2D eigenvalue weighted by Gasteiger charge is -2.53. The molecular weight excluding hydrogens is 546 g/mol. The zero-order valence-electron chi connectivity index (χ0n) is 25.9. The molecule has 5 atom stereocenters. The van der Waals surface area contributed by atoms with Crippen LogP contribution in [-0.2, 0) is 20.7 Å². The minimum atomic E-state index is -0.765. The smallest absolute Gasteiger partial charge is 0.408 e. The summed E-state index contributed by atoms with van der Waals surface area (Å²) < 4.78 is 24.3. The van der Waals surface area contributed by atoms with Gasteiger partial charge in [0.2, 0.25) is 5.91 Å². The van der Waals surface area contributed by atoms with Crippen LogP contribution in [0.15, 0.2) is 48.7 Å². The maximum atomic E-state index is 14.1. The Kier molecular flexibility index (Phi) is 7.57. The number of nitrogens with zero attached hydrogens (tertiary/aromatic N) is 1. The maximum Gasteiger partial charge on any atom is 0.408 e. The molecule has 9 heteroatoms. The molecule has 1 aromatic heterocycles. The van der Waals surface area contributed by atoms with Crippen LogP contribution in [0.3, 0.4) is 0 Å². The van der Waals surface area contributed by atoms with Gasteiger partial charge in [-0.1, -0.05) is 18.2 Å². The lowest BCUT2D eigenvalue weighted by molar-refractivity contribution is -0.189. The number of benzene rings is 2. The summed E-state index contributed by atoms with van der Waals surface area (Å²) in [6.45, 7) is 10.8. The van der Waals surface area contributed by atoms with Crippen molar-refractivity contribution < 1.29 is 28.5 Å². The average molecular weight is 590 g/mol. The van der Waals surface area contributed by atoms with Crippen molar-refractivity contribution in [3.63, 3.8) is 0 Å². The van der Waals surface area contributed by atoms with Crippen LogP contribution in [0.1, 0.15) is 64.7 Å². The number of methoxy groups -OCH3 is 1. The Hall–Kier alpha value is -3.72. The normalized spacial score (nSPS) is 25.0. The van der Waals surface area contributed by atoms with Gasteiger partial charge in [0.1, 0.15) is 28.7 Å². The van der Waals surface area contributed by atoms with Crippen LogP contribution in [0.4, 0.5) is 4.79 Å². The molecule has 2 N–H and O–H groups in total. The molecule has 0 spiro atoms. The van der Waals surface area contributed by atoms with Gasteiger partial charge < -0.3 is 34.1 Å². The molecule has 6 rings (SSSR count). The fraction of sp³-hybridized carbons (Fsp3) is 0.529. The van der Waals surface area contributed by atoms with Crippen LogP contribution in [0.25, 0.3) is 10.9 Å². The number of amides is 2. The second-order valence-corrected chi connectivity index (χ2v) is 13.6. The summed E-state index contributed by atoms with van der Waals surface area (Å²) >= 11 is 0. The number of nitrogens with one attached hydrogen (secondary N) is 2. The number of hydrogen-bond donors (Lipinski definition) is 2. The van der Waals surface area contributed by atoms with Gasteiger partial charge in [-0.25, -0.2) is 4.79 Å². The largest absolute Gasteiger partial charge is 0.497 e. The van der Waals surface area contributed by atoms with Crippen molar-refractivity contribution >= 4 is 22.9 Å². The van der Waals surface area contributed by atoms with Gasteiger partial charge in [0.15, 0.2) is 0 Å². The summed E-state index contributed by atoms with van der Waals surface area (Å²) in [5, 5.41) is 3.93. The molecule has 2 fully saturated rings. The van der Waals surface area contributed by atoms with E-state index in [4.69, 9.17) is 18.9 Å². The molecule has 0 saturated carbocycles. The van der Waals surface area contributed by atoms with Gasteiger partial charge >= 0.3 is 6.09 Å². The number of likely N-dealkylation sites (tertiary alicyclic amines) is 1. The van der Waals surface area contributed by atoms with E-state index < -0.39 is 23.3 Å². The fourth-order valence-corrected chi connectivity index (χ4v) is 7.00. The van der Waals surface area contributed by atoms with Crippen LogP contribution in [0.5, 0.6) is 11.5 Å². The standard InChI is InChI=1S/C34H43N3O6/c1-33(2,3)43-32(39)36-27(16-20-18-35-26-10-8-7-9-23(20)26)31(38)37-14-13-28-21(19-37)15-25-30(41-28)24-12-11-22(40-6)17-29(24)42-34(25,4)5/h7-12,17-18,21,25,27-28,30,35H,13-16,19H2,1-6H3,(H,36,39)/t21-,25+,27+,28+,30-/m1/s1. The Bertz CT molecular complexity index is 1510. The number of aromatic amines is 1. The van der Waals surface area contributed by atoms with Crippen LogP contribution < -0.4 is 14.8 Å². The van der Waals surface area contributed by atoms with Gasteiger partial charge in [-0.3, -0.25) is 4.79 Å². The van der Waals surface area contributed by atoms with Crippen molar-refractivity contribution in [2.24, 2.45) is 11.8 Å². The van der Waals surface area contributed by atoms with E-state index in [0.29, 0.717) is 19.5 Å². The topological polar surface area (TPSA) is 102 Å². The number of aromatic nitrogens is 1. The molecule has 4 heterocycles. The first-order valence-electron chi connectivity index (χ1n) is 15.3. The van der Waals surface area contributed by atoms with Gasteiger partial charge in [-0.05, 0) is 71.2 Å². The van der Waals surface area contributed by atoms with Gasteiger partial charge in [0.05, 0.1) is 19.3 Å². The van der Waals surface area contributed by atoms with Gasteiger partial charge in [0.25, 0.3) is 0 Å². The minimum Gasteiger partial charge on any atom is -0.497 e. The summed E-state index contributed by atoms with van der Waals surface area (Å²) in [6, 6.07) is 13.2. The Morgan fingerprint density at radius 1 is 1.19 bits per heavy atom. The summed E-state index contributed by atoms with van der Waals surface area (Å²) in [5.74, 6) is 1.76. The number of carbonyl (C=O) groups excluding carboxylic acids is 2. The number of piperidine rings is 1. The van der Waals surface area contributed by atoms with Gasteiger partial charge in [-0.2, -0.15) is 0 Å². The molecule has 0 unspecified atom stereocenters. The molecule has 2 aromatic carbocycles. The third-order valence-electron chi connectivity index (χ3n) is 9.10. The molecule has 3 aromatic rings. The molecule has 2 saturated heterocycles. The number of rotatable bonds is 5. The van der Waals surface area contributed by atoms with E-state index in [1.807, 2.05) is 68.3 Å². The van der Waals surface area contributed by atoms with Crippen LogP contribution in [0, 0.1) is 11.8 Å². The second kappa shape index (κ2) is 11.1. The minimum absolute atomic E-state index is 0.0417. The highest BCUT2D eigenvalue weighted by atomic mass is 16.6. The summed E-state index contributed by atoms with van der Waals surface area (Å²) in [5.41, 5.74) is 1.90. The second-order valence-electron chi connectivity index (χ2n) is 13.6. The first-order chi connectivity index (χ1) is 20.4. The van der Waals surface area contributed by atoms with E-state index in [9.17, 15) is 9.59 Å². The molecular formula is C34H43N3O6. The number of ether oxygens (including phenoxy) is 4. The van der Waals surface area contributed by atoms with Crippen molar-refractivity contribution in [3.05, 3.63) is 59.8 Å². The van der Waals surface area contributed by atoms with E-state index in [0.717, 1.165) is 46.4 Å². The molecule has 0 bridgehead atoms. The summed E-state index contributed by atoms with van der Waals surface area (Å²) in [4.78, 5) is 32.2. The molecule has 0 radical (unpaired) electrons. The molecule has 3 aliphatic heterocycles. The SMILES string of the molecule is COc1ccc2c(c1)OC(C)(C)[C@H]1C[C@@H]3CN(C(=O)[C@H](Cc4c[nH]c5ccccc45)NC(=O)OC(C)(C)C)CC[C@@H]3O[C@H]21. The van der Waals surface area contributed by atoms with E-state index in [-0.39, 0.29) is 30.0 Å². The molecule has 230 valence electrons. The Morgan fingerprint density at radius 3 is 2.74 bits per heavy atom. The number of H-pyrrole nitrogens is 1. The number of hydrogen-bond acceptors (Lipinski definition) is 6. The highest BCUT2D eigenvalue weighted by Gasteiger charge is 2.52. The maximum absolute atomic E-state index is 14.1. The monoisotopic (exact) mass is 589 g/mol.